The molecule has 34 heavy (non-hydrogen) atoms. The Labute approximate surface area is 201 Å². The Morgan fingerprint density at radius 3 is 3.00 bits per heavy atom. The molecule has 1 amide bonds. The Kier molecular flexibility index (Phi) is 6.58. The van der Waals surface area contributed by atoms with E-state index >= 15 is 0 Å². The molecule has 9 heteroatoms. The van der Waals surface area contributed by atoms with Crippen molar-refractivity contribution >= 4 is 23.3 Å². The van der Waals surface area contributed by atoms with Gasteiger partial charge in [-0.2, -0.15) is 5.10 Å². The van der Waals surface area contributed by atoms with Crippen LogP contribution in [-0.2, 0) is 22.6 Å². The van der Waals surface area contributed by atoms with Crippen molar-refractivity contribution in [3.8, 4) is 0 Å². The van der Waals surface area contributed by atoms with Gasteiger partial charge in [-0.05, 0) is 50.7 Å². The van der Waals surface area contributed by atoms with E-state index in [-0.39, 0.29) is 28.8 Å². The number of rotatable bonds is 6. The van der Waals surface area contributed by atoms with Crippen LogP contribution in [0.15, 0.2) is 40.7 Å². The van der Waals surface area contributed by atoms with Crippen LogP contribution in [0.3, 0.4) is 0 Å². The molecule has 1 saturated carbocycles. The van der Waals surface area contributed by atoms with Crippen LogP contribution in [0.1, 0.15) is 59.1 Å². The van der Waals surface area contributed by atoms with Crippen molar-refractivity contribution in [1.29, 1.82) is 0 Å². The first-order chi connectivity index (χ1) is 16.5. The van der Waals surface area contributed by atoms with E-state index in [1.807, 2.05) is 19.1 Å². The molecule has 0 aromatic carbocycles. The highest BCUT2D eigenvalue weighted by atomic mass is 32.1. The van der Waals surface area contributed by atoms with Crippen molar-refractivity contribution in [3.63, 3.8) is 0 Å². The average molecular weight is 481 g/mol. The number of aromatic nitrogens is 3. The zero-order chi connectivity index (χ0) is 23.7. The molecule has 3 N–H and O–H groups in total. The third-order valence-corrected chi connectivity index (χ3v) is 7.47. The minimum absolute atomic E-state index is 0.101. The number of H-pyrrole nitrogens is 1. The minimum Gasteiger partial charge on any atom is -0.393 e. The number of amides is 1. The van der Waals surface area contributed by atoms with Crippen LogP contribution in [0.4, 0.5) is 0 Å². The molecule has 0 spiro atoms. The number of pyridine rings is 1. The second kappa shape index (κ2) is 9.77. The van der Waals surface area contributed by atoms with Gasteiger partial charge >= 0.3 is 4.87 Å². The molecule has 2 aromatic heterocycles. The molecule has 178 valence electrons. The Morgan fingerprint density at radius 1 is 1.35 bits per heavy atom. The molecule has 1 fully saturated rings. The van der Waals surface area contributed by atoms with Crippen LogP contribution in [-0.4, -0.2) is 44.4 Å². The standard InChI is InChI=1S/C25H28N4O4S/c1-14-10-16(19-4-2-3-5-21(19)26-14)13-33-18-8-6-15(7-9-18)23(31)27-22-12-17(30)11-20(22)24-28-29-25(32)34-24/h2,4,6-8,10,17-18,20,22,30H,3,5,9,11-13H2,1H3,(H,27,31)(H,29,32). The zero-order valence-corrected chi connectivity index (χ0v) is 19.8. The van der Waals surface area contributed by atoms with Gasteiger partial charge in [-0.25, -0.2) is 5.10 Å². The number of aromatic amines is 1. The van der Waals surface area contributed by atoms with Crippen LogP contribution in [0.25, 0.3) is 6.08 Å². The summed E-state index contributed by atoms with van der Waals surface area (Å²) in [6.07, 6.45) is 12.8. The Balaban J connectivity index is 1.18. The summed E-state index contributed by atoms with van der Waals surface area (Å²) in [5, 5.41) is 20.2. The third-order valence-electron chi connectivity index (χ3n) is 6.59. The van der Waals surface area contributed by atoms with E-state index in [9.17, 15) is 14.7 Å². The summed E-state index contributed by atoms with van der Waals surface area (Å²) in [7, 11) is 0. The normalized spacial score (nSPS) is 25.8. The lowest BCUT2D eigenvalue weighted by Crippen LogP contribution is -2.37. The molecule has 0 aliphatic heterocycles. The fourth-order valence-corrected chi connectivity index (χ4v) is 5.72. The monoisotopic (exact) mass is 480 g/mol. The molecule has 3 aliphatic rings. The van der Waals surface area contributed by atoms with E-state index in [4.69, 9.17) is 4.74 Å². The van der Waals surface area contributed by atoms with E-state index in [1.165, 1.54) is 5.56 Å². The SMILES string of the molecule is Cc1cc(COC2C=CC(C(=O)NC3CC(O)CC3c3n[nH]c(=O)s3)=CC2)c2c(n1)CCC=C2. The molecule has 2 heterocycles. The van der Waals surface area contributed by atoms with Gasteiger partial charge in [-0.3, -0.25) is 14.6 Å². The summed E-state index contributed by atoms with van der Waals surface area (Å²) >= 11 is 1.03. The van der Waals surface area contributed by atoms with Gasteiger partial charge in [0.2, 0.25) is 0 Å². The highest BCUT2D eigenvalue weighted by Crippen LogP contribution is 2.35. The van der Waals surface area contributed by atoms with E-state index in [0.717, 1.165) is 41.1 Å². The average Bonchev–Trinajstić information content (AvgIpc) is 3.42. The van der Waals surface area contributed by atoms with Crippen molar-refractivity contribution in [2.75, 3.05) is 0 Å². The fourth-order valence-electron chi connectivity index (χ4n) is 4.94. The van der Waals surface area contributed by atoms with Gasteiger partial charge in [0, 0.05) is 34.5 Å². The van der Waals surface area contributed by atoms with Gasteiger partial charge in [0.25, 0.3) is 5.91 Å². The highest BCUT2D eigenvalue weighted by molar-refractivity contribution is 7.08. The molecule has 2 aromatic rings. The van der Waals surface area contributed by atoms with Crippen molar-refractivity contribution in [2.24, 2.45) is 0 Å². The van der Waals surface area contributed by atoms with Gasteiger partial charge in [0.05, 0.1) is 18.8 Å². The van der Waals surface area contributed by atoms with Crippen molar-refractivity contribution < 1.29 is 14.6 Å². The molecule has 8 nitrogen and oxygen atoms in total. The van der Waals surface area contributed by atoms with Crippen LogP contribution in [0, 0.1) is 6.92 Å². The number of ether oxygens (including phenoxy) is 1. The maximum atomic E-state index is 12.9. The number of aliphatic hydroxyl groups excluding tert-OH is 1. The van der Waals surface area contributed by atoms with E-state index in [2.05, 4.69) is 38.7 Å². The molecule has 4 atom stereocenters. The summed E-state index contributed by atoms with van der Waals surface area (Å²) in [5.74, 6) is -0.360. The van der Waals surface area contributed by atoms with Crippen LogP contribution >= 0.6 is 11.3 Å². The summed E-state index contributed by atoms with van der Waals surface area (Å²) in [6.45, 7) is 2.51. The number of carbonyl (C=O) groups excluding carboxylic acids is 1. The molecule has 3 aliphatic carbocycles. The first-order valence-corrected chi connectivity index (χ1v) is 12.5. The van der Waals surface area contributed by atoms with Gasteiger partial charge in [-0.1, -0.05) is 41.7 Å². The predicted octanol–water partition coefficient (Wildman–Crippen LogP) is 2.69. The number of aliphatic hydroxyl groups is 1. The lowest BCUT2D eigenvalue weighted by molar-refractivity contribution is -0.118. The smallest absolute Gasteiger partial charge is 0.322 e. The molecular formula is C25H28N4O4S. The summed E-state index contributed by atoms with van der Waals surface area (Å²) in [4.78, 5) is 28.8. The fraction of sp³-hybridized carbons (Fsp3) is 0.440. The largest absolute Gasteiger partial charge is 0.393 e. The van der Waals surface area contributed by atoms with Gasteiger partial charge < -0.3 is 15.2 Å². The Morgan fingerprint density at radius 2 is 2.24 bits per heavy atom. The lowest BCUT2D eigenvalue weighted by atomic mass is 9.97. The quantitative estimate of drug-likeness (QED) is 0.585. The maximum Gasteiger partial charge on any atom is 0.322 e. The predicted molar refractivity (Wildman–Crippen MR) is 129 cm³/mol. The number of carbonyl (C=O) groups is 1. The van der Waals surface area contributed by atoms with E-state index in [0.29, 0.717) is 36.5 Å². The second-order valence-electron chi connectivity index (χ2n) is 9.09. The third kappa shape index (κ3) is 4.96. The summed E-state index contributed by atoms with van der Waals surface area (Å²) in [5.41, 5.74) is 5.03. The zero-order valence-electron chi connectivity index (χ0n) is 19.0. The number of nitrogens with one attached hydrogen (secondary N) is 2. The summed E-state index contributed by atoms with van der Waals surface area (Å²) in [6, 6.07) is 1.82. The Hall–Kier alpha value is -2.88. The number of hydrogen-bond acceptors (Lipinski definition) is 7. The van der Waals surface area contributed by atoms with Gasteiger partial charge in [0.1, 0.15) is 5.01 Å². The van der Waals surface area contributed by atoms with E-state index < -0.39 is 6.10 Å². The number of hydrogen-bond donors (Lipinski definition) is 3. The van der Waals surface area contributed by atoms with Crippen LogP contribution in [0.2, 0.25) is 0 Å². The summed E-state index contributed by atoms with van der Waals surface area (Å²) < 4.78 is 6.15. The first-order valence-electron chi connectivity index (χ1n) is 11.7. The molecule has 0 bridgehead atoms. The number of aryl methyl sites for hydroxylation is 2. The van der Waals surface area contributed by atoms with Gasteiger partial charge in [-0.15, -0.1) is 0 Å². The van der Waals surface area contributed by atoms with Crippen molar-refractivity contribution in [3.05, 3.63) is 73.1 Å². The first kappa shape index (κ1) is 22.9. The number of fused-ring (bicyclic) bond motifs is 1. The molecular weight excluding hydrogens is 452 g/mol. The maximum absolute atomic E-state index is 12.9. The highest BCUT2D eigenvalue weighted by Gasteiger charge is 2.37. The van der Waals surface area contributed by atoms with Gasteiger partial charge in [0.15, 0.2) is 0 Å². The van der Waals surface area contributed by atoms with E-state index in [1.54, 1.807) is 6.08 Å². The van der Waals surface area contributed by atoms with Crippen LogP contribution in [0.5, 0.6) is 0 Å². The number of nitrogens with zero attached hydrogens (tertiary/aromatic N) is 2. The van der Waals surface area contributed by atoms with Crippen molar-refractivity contribution in [2.45, 2.75) is 69.8 Å². The Bertz CT molecular complexity index is 1230. The van der Waals surface area contributed by atoms with Crippen molar-refractivity contribution in [1.82, 2.24) is 20.5 Å². The molecule has 4 unspecified atom stereocenters. The molecule has 0 saturated heterocycles. The lowest BCUT2D eigenvalue weighted by Gasteiger charge is -2.22. The second-order valence-corrected chi connectivity index (χ2v) is 10.1. The van der Waals surface area contributed by atoms with Crippen LogP contribution < -0.4 is 10.2 Å². The topological polar surface area (TPSA) is 117 Å². The molecule has 5 rings (SSSR count). The minimum atomic E-state index is -0.527. The number of allylic oxidation sites excluding steroid dienone is 1. The molecule has 0 radical (unpaired) electrons.